The lowest BCUT2D eigenvalue weighted by Gasteiger charge is -2.26. The number of hydrogen-bond donors (Lipinski definition) is 1. The first-order valence-corrected chi connectivity index (χ1v) is 6.48. The minimum absolute atomic E-state index is 0.690. The molecule has 0 aromatic rings. The van der Waals surface area contributed by atoms with Crippen LogP contribution in [0.1, 0.15) is 46.5 Å². The van der Waals surface area contributed by atoms with Crippen molar-refractivity contribution in [2.75, 3.05) is 13.6 Å². The molecule has 0 radical (unpaired) electrons. The molecular weight excluding hydrogens is 182 g/mol. The van der Waals surface area contributed by atoms with Crippen molar-refractivity contribution in [1.82, 2.24) is 5.32 Å². The molecule has 0 spiro atoms. The first-order chi connectivity index (χ1) is 7.13. The largest absolute Gasteiger partial charge is 0.316 e. The first kappa shape index (κ1) is 12.8. The Labute approximate surface area is 95.3 Å². The summed E-state index contributed by atoms with van der Waals surface area (Å²) in [5, 5.41) is 3.28. The summed E-state index contributed by atoms with van der Waals surface area (Å²) in [5.74, 6) is 2.47. The first-order valence-electron chi connectivity index (χ1n) is 6.48. The zero-order chi connectivity index (χ0) is 11.3. The van der Waals surface area contributed by atoms with E-state index in [1.165, 1.54) is 25.7 Å². The lowest BCUT2D eigenvalue weighted by Crippen LogP contribution is -2.17. The van der Waals surface area contributed by atoms with E-state index in [2.05, 4.69) is 32.2 Å². The molecule has 15 heavy (non-hydrogen) atoms. The molecule has 1 aliphatic rings. The van der Waals surface area contributed by atoms with Gasteiger partial charge >= 0.3 is 0 Å². The Balaban J connectivity index is 2.56. The number of nitrogens with one attached hydrogen (secondary N) is 1. The molecule has 0 saturated heterocycles. The van der Waals surface area contributed by atoms with Crippen molar-refractivity contribution >= 4 is 0 Å². The lowest BCUT2D eigenvalue weighted by atomic mass is 9.81. The summed E-state index contributed by atoms with van der Waals surface area (Å²) in [6, 6.07) is 0. The Morgan fingerprint density at radius 3 is 2.67 bits per heavy atom. The number of hydrogen-bond acceptors (Lipinski definition) is 1. The van der Waals surface area contributed by atoms with Crippen LogP contribution >= 0.6 is 0 Å². The molecule has 0 bridgehead atoms. The van der Waals surface area contributed by atoms with Crippen molar-refractivity contribution in [3.8, 4) is 0 Å². The second-order valence-electron chi connectivity index (χ2n) is 5.46. The average molecular weight is 209 g/mol. The molecule has 0 amide bonds. The van der Waals surface area contributed by atoms with E-state index in [-0.39, 0.29) is 0 Å². The summed E-state index contributed by atoms with van der Waals surface area (Å²) in [7, 11) is 2.04. The molecule has 2 atom stereocenters. The van der Waals surface area contributed by atoms with Crippen molar-refractivity contribution in [2.45, 2.75) is 46.5 Å². The van der Waals surface area contributed by atoms with E-state index < -0.39 is 0 Å². The van der Waals surface area contributed by atoms with Gasteiger partial charge in [0.1, 0.15) is 0 Å². The molecule has 0 heterocycles. The Hall–Kier alpha value is -0.300. The van der Waals surface area contributed by atoms with Gasteiger partial charge in [0.05, 0.1) is 0 Å². The Kier molecular flexibility index (Phi) is 5.38. The van der Waals surface area contributed by atoms with E-state index in [0.717, 1.165) is 18.4 Å². The zero-order valence-corrected chi connectivity index (χ0v) is 10.8. The highest BCUT2D eigenvalue weighted by molar-refractivity contribution is 5.09. The lowest BCUT2D eigenvalue weighted by molar-refractivity contribution is 0.323. The third kappa shape index (κ3) is 4.38. The topological polar surface area (TPSA) is 12.0 Å². The standard InChI is InChI=1S/C14H27N/c1-11(2)14(10-15-4)9-13-7-5-6-12(3)8-13/h9,11-13,15H,5-8,10H2,1-4H3. The summed E-state index contributed by atoms with van der Waals surface area (Å²) in [4.78, 5) is 0. The summed E-state index contributed by atoms with van der Waals surface area (Å²) in [6.07, 6.45) is 8.22. The molecule has 1 nitrogen and oxygen atoms in total. The van der Waals surface area contributed by atoms with Crippen LogP contribution in [0.15, 0.2) is 11.6 Å². The van der Waals surface area contributed by atoms with Crippen molar-refractivity contribution in [3.05, 3.63) is 11.6 Å². The van der Waals surface area contributed by atoms with Crippen LogP contribution in [-0.2, 0) is 0 Å². The van der Waals surface area contributed by atoms with Crippen LogP contribution in [0.2, 0.25) is 0 Å². The summed E-state index contributed by atoms with van der Waals surface area (Å²) in [6.45, 7) is 8.06. The van der Waals surface area contributed by atoms with Crippen LogP contribution in [-0.4, -0.2) is 13.6 Å². The van der Waals surface area contributed by atoms with Crippen LogP contribution in [0.4, 0.5) is 0 Å². The van der Waals surface area contributed by atoms with Crippen LogP contribution < -0.4 is 5.32 Å². The zero-order valence-electron chi connectivity index (χ0n) is 10.8. The smallest absolute Gasteiger partial charge is 0.0164 e. The predicted molar refractivity (Wildman–Crippen MR) is 68.0 cm³/mol. The van der Waals surface area contributed by atoms with Gasteiger partial charge in [0.15, 0.2) is 0 Å². The fraction of sp³-hybridized carbons (Fsp3) is 0.857. The van der Waals surface area contributed by atoms with Gasteiger partial charge in [0.2, 0.25) is 0 Å². The monoisotopic (exact) mass is 209 g/mol. The summed E-state index contributed by atoms with van der Waals surface area (Å²) >= 11 is 0. The highest BCUT2D eigenvalue weighted by Gasteiger charge is 2.17. The maximum atomic E-state index is 3.28. The van der Waals surface area contributed by atoms with Crippen molar-refractivity contribution in [1.29, 1.82) is 0 Å². The second kappa shape index (κ2) is 6.32. The maximum Gasteiger partial charge on any atom is 0.0164 e. The van der Waals surface area contributed by atoms with Gasteiger partial charge in [-0.2, -0.15) is 0 Å². The van der Waals surface area contributed by atoms with Crippen LogP contribution in [0.25, 0.3) is 0 Å². The fourth-order valence-electron chi connectivity index (χ4n) is 2.59. The quantitative estimate of drug-likeness (QED) is 0.697. The predicted octanol–water partition coefficient (Wildman–Crippen LogP) is 3.61. The molecular formula is C14H27N. The number of likely N-dealkylation sites (N-methyl/N-ethyl adjacent to an activating group) is 1. The van der Waals surface area contributed by atoms with Gasteiger partial charge < -0.3 is 5.32 Å². The van der Waals surface area contributed by atoms with Crippen molar-refractivity contribution in [2.24, 2.45) is 17.8 Å². The van der Waals surface area contributed by atoms with Gasteiger partial charge in [0, 0.05) is 6.54 Å². The highest BCUT2D eigenvalue weighted by atomic mass is 14.8. The molecule has 2 unspecified atom stereocenters. The van der Waals surface area contributed by atoms with E-state index in [9.17, 15) is 0 Å². The average Bonchev–Trinajstić information content (AvgIpc) is 2.17. The van der Waals surface area contributed by atoms with E-state index in [1.807, 2.05) is 7.05 Å². The molecule has 88 valence electrons. The van der Waals surface area contributed by atoms with Crippen molar-refractivity contribution in [3.63, 3.8) is 0 Å². The van der Waals surface area contributed by atoms with Crippen LogP contribution in [0, 0.1) is 17.8 Å². The normalized spacial score (nSPS) is 28.5. The Bertz CT molecular complexity index is 205. The van der Waals surface area contributed by atoms with Gasteiger partial charge in [0.25, 0.3) is 0 Å². The second-order valence-corrected chi connectivity index (χ2v) is 5.46. The Morgan fingerprint density at radius 2 is 2.13 bits per heavy atom. The number of allylic oxidation sites excluding steroid dienone is 1. The molecule has 0 aromatic heterocycles. The molecule has 1 N–H and O–H groups in total. The molecule has 0 aromatic carbocycles. The molecule has 0 aliphatic heterocycles. The Morgan fingerprint density at radius 1 is 1.40 bits per heavy atom. The third-order valence-corrected chi connectivity index (χ3v) is 3.55. The minimum atomic E-state index is 0.690. The van der Waals surface area contributed by atoms with E-state index in [1.54, 1.807) is 5.57 Å². The SMILES string of the molecule is CNCC(=CC1CCCC(C)C1)C(C)C. The molecule has 1 saturated carbocycles. The maximum absolute atomic E-state index is 3.28. The molecule has 1 aliphatic carbocycles. The molecule has 1 fully saturated rings. The fourth-order valence-corrected chi connectivity index (χ4v) is 2.59. The summed E-state index contributed by atoms with van der Waals surface area (Å²) < 4.78 is 0. The van der Waals surface area contributed by atoms with Gasteiger partial charge in [-0.25, -0.2) is 0 Å². The molecule has 1 rings (SSSR count). The van der Waals surface area contributed by atoms with Gasteiger partial charge in [-0.3, -0.25) is 0 Å². The van der Waals surface area contributed by atoms with E-state index in [0.29, 0.717) is 5.92 Å². The van der Waals surface area contributed by atoms with E-state index in [4.69, 9.17) is 0 Å². The van der Waals surface area contributed by atoms with E-state index >= 15 is 0 Å². The van der Waals surface area contributed by atoms with Gasteiger partial charge in [-0.15, -0.1) is 0 Å². The third-order valence-electron chi connectivity index (χ3n) is 3.55. The van der Waals surface area contributed by atoms with Gasteiger partial charge in [-0.1, -0.05) is 45.3 Å². The van der Waals surface area contributed by atoms with Gasteiger partial charge in [-0.05, 0) is 37.6 Å². The summed E-state index contributed by atoms with van der Waals surface area (Å²) in [5.41, 5.74) is 1.59. The molecule has 1 heteroatoms. The van der Waals surface area contributed by atoms with Crippen molar-refractivity contribution < 1.29 is 0 Å². The minimum Gasteiger partial charge on any atom is -0.316 e. The number of rotatable bonds is 4. The highest BCUT2D eigenvalue weighted by Crippen LogP contribution is 2.30. The van der Waals surface area contributed by atoms with Crippen LogP contribution in [0.5, 0.6) is 0 Å². The van der Waals surface area contributed by atoms with Crippen LogP contribution in [0.3, 0.4) is 0 Å².